The summed E-state index contributed by atoms with van der Waals surface area (Å²) in [6.45, 7) is 0. The Morgan fingerprint density at radius 2 is 1.53 bits per heavy atom. The molecule has 0 saturated heterocycles. The first-order valence-electron chi connectivity index (χ1n) is 13.9. The van der Waals surface area contributed by atoms with Gasteiger partial charge in [-0.2, -0.15) is 0 Å². The van der Waals surface area contributed by atoms with E-state index < -0.39 is 29.3 Å². The Bertz CT molecular complexity index is 1910. The highest BCUT2D eigenvalue weighted by atomic mass is 19.1. The molecule has 0 atom stereocenters. The zero-order chi connectivity index (χ0) is 31.8. The average molecular weight is 621 g/mol. The lowest BCUT2D eigenvalue weighted by molar-refractivity contribution is 0.114. The van der Waals surface area contributed by atoms with Crippen molar-refractivity contribution in [3.8, 4) is 33.9 Å². The number of carbonyl (C=O) groups is 1. The Balaban J connectivity index is 1.59. The summed E-state index contributed by atoms with van der Waals surface area (Å²) >= 11 is 0. The molecule has 1 fully saturated rings. The lowest BCUT2D eigenvalue weighted by Crippen LogP contribution is -2.27. The van der Waals surface area contributed by atoms with E-state index in [1.54, 1.807) is 23.1 Å². The van der Waals surface area contributed by atoms with Crippen LogP contribution >= 0.6 is 0 Å². The van der Waals surface area contributed by atoms with Gasteiger partial charge in [0.25, 0.3) is 0 Å². The van der Waals surface area contributed by atoms with E-state index in [0.717, 1.165) is 6.07 Å². The van der Waals surface area contributed by atoms with Gasteiger partial charge in [-0.05, 0) is 67.4 Å². The van der Waals surface area contributed by atoms with Gasteiger partial charge in [0.05, 0.1) is 32.5 Å². The minimum absolute atomic E-state index is 0.143. The van der Waals surface area contributed by atoms with Crippen LogP contribution < -0.4 is 25.2 Å². The van der Waals surface area contributed by atoms with E-state index in [2.05, 4.69) is 20.6 Å². The predicted molar refractivity (Wildman–Crippen MR) is 163 cm³/mol. The lowest BCUT2D eigenvalue weighted by atomic mass is 9.99. The molecule has 0 unspecified atom stereocenters. The number of anilines is 3. The minimum Gasteiger partial charge on any atom is -0.497 e. The van der Waals surface area contributed by atoms with Crippen molar-refractivity contribution in [1.82, 2.24) is 10.5 Å². The fourth-order valence-corrected chi connectivity index (χ4v) is 5.46. The Labute approximate surface area is 255 Å². The van der Waals surface area contributed by atoms with Gasteiger partial charge in [0.2, 0.25) is 0 Å². The van der Waals surface area contributed by atoms with Gasteiger partial charge < -0.3 is 24.7 Å². The molecule has 4 aromatic carbocycles. The highest BCUT2D eigenvalue weighted by Gasteiger charge is 2.36. The van der Waals surface area contributed by atoms with Gasteiger partial charge >= 0.3 is 6.03 Å². The summed E-state index contributed by atoms with van der Waals surface area (Å²) in [5, 5.41) is 2.92. The number of benzene rings is 4. The SMILES string of the molecule is CONC(=O)Nc1ccc(-c2cc3c(N(c4c(F)cccc4F)C4CC4)cc(-c4ccc(OC)cc4F)c(OC)c3[nH]2)c(F)c1. The molecular formula is C33H28F4N4O4. The van der Waals surface area contributed by atoms with Gasteiger partial charge in [-0.15, -0.1) is 0 Å². The number of nitrogens with one attached hydrogen (secondary N) is 3. The van der Waals surface area contributed by atoms with Crippen LogP contribution in [0.25, 0.3) is 33.3 Å². The molecule has 2 amide bonds. The van der Waals surface area contributed by atoms with Crippen molar-refractivity contribution in [1.29, 1.82) is 0 Å². The van der Waals surface area contributed by atoms with Crippen molar-refractivity contribution < 1.29 is 36.7 Å². The molecule has 1 aromatic heterocycles. The third-order valence-corrected chi connectivity index (χ3v) is 7.58. The summed E-state index contributed by atoms with van der Waals surface area (Å²) in [6, 6.07) is 14.5. The standard InChI is InChI=1S/C33H28F4N4O4/c1-43-19-10-12-20(27(37)14-19)22-16-29(41(18-8-9-18)31-24(34)5-4-6-25(31)35)23-15-28(39-30(23)32(22)44-2)21-11-7-17(13-26(21)36)38-33(42)40-45-3/h4-7,10-16,18,39H,8-9H2,1-3H3,(H2,38,40,42). The van der Waals surface area contributed by atoms with Crippen molar-refractivity contribution in [3.05, 3.63) is 90.0 Å². The number of hydroxylamine groups is 1. The monoisotopic (exact) mass is 620 g/mol. The zero-order valence-corrected chi connectivity index (χ0v) is 24.4. The first kappa shape index (κ1) is 29.8. The molecule has 45 heavy (non-hydrogen) atoms. The van der Waals surface area contributed by atoms with E-state index in [9.17, 15) is 4.79 Å². The van der Waals surface area contributed by atoms with E-state index in [-0.39, 0.29) is 34.3 Å². The van der Waals surface area contributed by atoms with E-state index in [1.165, 1.54) is 63.8 Å². The van der Waals surface area contributed by atoms with Crippen LogP contribution in [0.5, 0.6) is 11.5 Å². The average Bonchev–Trinajstić information content (AvgIpc) is 3.75. The second kappa shape index (κ2) is 12.0. The van der Waals surface area contributed by atoms with Gasteiger partial charge in [-0.25, -0.2) is 27.8 Å². The Hall–Kier alpha value is -5.23. The van der Waals surface area contributed by atoms with Gasteiger partial charge in [0.15, 0.2) is 5.75 Å². The van der Waals surface area contributed by atoms with Crippen molar-refractivity contribution in [2.45, 2.75) is 18.9 Å². The number of ether oxygens (including phenoxy) is 2. The molecule has 0 aliphatic heterocycles. The molecule has 1 aliphatic rings. The summed E-state index contributed by atoms with van der Waals surface area (Å²) in [4.78, 5) is 21.2. The zero-order valence-electron chi connectivity index (χ0n) is 24.4. The smallest absolute Gasteiger partial charge is 0.343 e. The van der Waals surface area contributed by atoms with E-state index in [1.807, 2.05) is 0 Å². The topological polar surface area (TPSA) is 87.8 Å². The normalized spacial score (nSPS) is 12.7. The van der Waals surface area contributed by atoms with Crippen LogP contribution in [0.3, 0.4) is 0 Å². The second-order valence-corrected chi connectivity index (χ2v) is 10.4. The van der Waals surface area contributed by atoms with Gasteiger partial charge in [-0.1, -0.05) is 6.07 Å². The summed E-state index contributed by atoms with van der Waals surface area (Å²) in [5.74, 6) is -2.25. The van der Waals surface area contributed by atoms with E-state index in [4.69, 9.17) is 9.47 Å². The molecule has 12 heteroatoms. The summed E-state index contributed by atoms with van der Waals surface area (Å²) in [6.07, 6.45) is 1.34. The van der Waals surface area contributed by atoms with E-state index in [0.29, 0.717) is 46.4 Å². The molecule has 5 aromatic rings. The number of nitrogens with zero attached hydrogens (tertiary/aromatic N) is 1. The first-order valence-corrected chi connectivity index (χ1v) is 13.9. The third-order valence-electron chi connectivity index (χ3n) is 7.58. The van der Waals surface area contributed by atoms with Crippen LogP contribution in [0.15, 0.2) is 66.7 Å². The van der Waals surface area contributed by atoms with Crippen molar-refractivity contribution >= 4 is 34.0 Å². The number of methoxy groups -OCH3 is 2. The number of aromatic amines is 1. The van der Waals surface area contributed by atoms with Crippen LogP contribution in [-0.4, -0.2) is 38.4 Å². The van der Waals surface area contributed by atoms with Crippen LogP contribution in [-0.2, 0) is 4.84 Å². The maximum absolute atomic E-state index is 15.5. The third kappa shape index (κ3) is 5.60. The number of hydrogen-bond donors (Lipinski definition) is 3. The highest BCUT2D eigenvalue weighted by Crippen LogP contribution is 2.49. The lowest BCUT2D eigenvalue weighted by Gasteiger charge is -2.28. The van der Waals surface area contributed by atoms with Crippen molar-refractivity contribution in [2.75, 3.05) is 31.5 Å². The number of H-pyrrole nitrogens is 1. The second-order valence-electron chi connectivity index (χ2n) is 10.4. The number of para-hydroxylation sites is 1. The number of rotatable bonds is 9. The first-order chi connectivity index (χ1) is 21.7. The fraction of sp³-hybridized carbons (Fsp3) is 0.182. The summed E-state index contributed by atoms with van der Waals surface area (Å²) in [7, 11) is 4.11. The molecule has 3 N–H and O–H groups in total. The number of carbonyl (C=O) groups excluding carboxylic acids is 1. The summed E-state index contributed by atoms with van der Waals surface area (Å²) in [5.41, 5.74) is 3.67. The number of halogens is 4. The molecule has 0 bridgehead atoms. The molecule has 1 aliphatic carbocycles. The molecule has 0 spiro atoms. The van der Waals surface area contributed by atoms with Crippen molar-refractivity contribution in [2.24, 2.45) is 0 Å². The van der Waals surface area contributed by atoms with Gasteiger partial charge in [0.1, 0.15) is 34.7 Å². The Kier molecular flexibility index (Phi) is 7.98. The number of urea groups is 1. The molecule has 0 radical (unpaired) electrons. The number of amides is 2. The molecular weight excluding hydrogens is 592 g/mol. The molecule has 6 rings (SSSR count). The maximum atomic E-state index is 15.5. The predicted octanol–water partition coefficient (Wildman–Crippen LogP) is 8.06. The van der Waals surface area contributed by atoms with E-state index >= 15 is 17.6 Å². The Morgan fingerprint density at radius 3 is 2.16 bits per heavy atom. The van der Waals surface area contributed by atoms with Gasteiger partial charge in [-0.3, -0.25) is 4.84 Å². The molecule has 232 valence electrons. The Morgan fingerprint density at radius 1 is 0.822 bits per heavy atom. The molecule has 8 nitrogen and oxygen atoms in total. The number of fused-ring (bicyclic) bond motifs is 1. The fourth-order valence-electron chi connectivity index (χ4n) is 5.46. The highest BCUT2D eigenvalue weighted by molar-refractivity contribution is 6.06. The summed E-state index contributed by atoms with van der Waals surface area (Å²) < 4.78 is 72.6. The van der Waals surface area contributed by atoms with Crippen LogP contribution in [0.2, 0.25) is 0 Å². The van der Waals surface area contributed by atoms with Crippen LogP contribution in [0, 0.1) is 23.3 Å². The van der Waals surface area contributed by atoms with Crippen molar-refractivity contribution in [3.63, 3.8) is 0 Å². The minimum atomic E-state index is -0.759. The van der Waals surface area contributed by atoms with Gasteiger partial charge in [0, 0.05) is 45.6 Å². The maximum Gasteiger partial charge on any atom is 0.343 e. The molecule has 1 saturated carbocycles. The van der Waals surface area contributed by atoms with Crippen LogP contribution in [0.4, 0.5) is 39.4 Å². The molecule has 1 heterocycles. The number of aromatic nitrogens is 1. The largest absolute Gasteiger partial charge is 0.497 e. The quantitative estimate of drug-likeness (QED) is 0.115. The van der Waals surface area contributed by atoms with Crippen LogP contribution in [0.1, 0.15) is 12.8 Å². The number of hydrogen-bond acceptors (Lipinski definition) is 5.